The summed E-state index contributed by atoms with van der Waals surface area (Å²) in [5, 5.41) is 9.66. The fourth-order valence-electron chi connectivity index (χ4n) is 2.01. The van der Waals surface area contributed by atoms with Gasteiger partial charge >= 0.3 is 6.09 Å². The van der Waals surface area contributed by atoms with E-state index in [1.54, 1.807) is 18.2 Å². The zero-order chi connectivity index (χ0) is 18.5. The standard InChI is InChI=1S/C15H13N7O3S/c16-15(24)25-11-4-2-9(7-19-11)14-22-21-12(26-14)5-10-3-1-8(6-18-10)13(23)20-17/h1-4,6-7H,5,17H2,(H2,16,24)(H,20,23). The van der Waals surface area contributed by atoms with E-state index in [-0.39, 0.29) is 5.88 Å². The van der Waals surface area contributed by atoms with Gasteiger partial charge in [-0.2, -0.15) is 0 Å². The summed E-state index contributed by atoms with van der Waals surface area (Å²) >= 11 is 1.38. The van der Waals surface area contributed by atoms with Crippen molar-refractivity contribution >= 4 is 23.3 Å². The van der Waals surface area contributed by atoms with Gasteiger partial charge in [0.25, 0.3) is 5.91 Å². The van der Waals surface area contributed by atoms with E-state index in [0.29, 0.717) is 17.0 Å². The van der Waals surface area contributed by atoms with Crippen molar-refractivity contribution in [3.8, 4) is 16.5 Å². The summed E-state index contributed by atoms with van der Waals surface area (Å²) in [6.07, 6.45) is 2.51. The van der Waals surface area contributed by atoms with Gasteiger partial charge < -0.3 is 10.5 Å². The van der Waals surface area contributed by atoms with E-state index < -0.39 is 12.0 Å². The van der Waals surface area contributed by atoms with E-state index in [0.717, 1.165) is 16.3 Å². The Bertz CT molecular complexity index is 925. The Kier molecular flexibility index (Phi) is 5.10. The molecule has 0 aliphatic heterocycles. The lowest BCUT2D eigenvalue weighted by atomic mass is 10.2. The highest BCUT2D eigenvalue weighted by atomic mass is 32.1. The van der Waals surface area contributed by atoms with Gasteiger partial charge in [0.05, 0.1) is 5.56 Å². The number of carbonyl (C=O) groups excluding carboxylic acids is 2. The van der Waals surface area contributed by atoms with Crippen LogP contribution in [0.5, 0.6) is 5.88 Å². The summed E-state index contributed by atoms with van der Waals surface area (Å²) < 4.78 is 4.67. The minimum atomic E-state index is -0.925. The summed E-state index contributed by atoms with van der Waals surface area (Å²) in [7, 11) is 0. The second-order valence-corrected chi connectivity index (χ2v) is 6.06. The normalized spacial score (nSPS) is 10.3. The molecule has 0 spiro atoms. The summed E-state index contributed by atoms with van der Waals surface area (Å²) in [5.74, 6) is 4.78. The minimum Gasteiger partial charge on any atom is -0.391 e. The van der Waals surface area contributed by atoms with E-state index in [4.69, 9.17) is 11.6 Å². The molecule has 5 N–H and O–H groups in total. The van der Waals surface area contributed by atoms with Crippen LogP contribution in [-0.2, 0) is 6.42 Å². The second kappa shape index (κ2) is 7.63. The maximum Gasteiger partial charge on any atom is 0.411 e. The van der Waals surface area contributed by atoms with Gasteiger partial charge in [-0.3, -0.25) is 15.2 Å². The zero-order valence-corrected chi connectivity index (χ0v) is 14.1. The molecule has 0 unspecified atom stereocenters. The molecule has 0 atom stereocenters. The van der Waals surface area contributed by atoms with Crippen LogP contribution >= 0.6 is 11.3 Å². The maximum absolute atomic E-state index is 11.4. The van der Waals surface area contributed by atoms with E-state index >= 15 is 0 Å². The number of nitrogens with two attached hydrogens (primary N) is 2. The molecule has 26 heavy (non-hydrogen) atoms. The van der Waals surface area contributed by atoms with Crippen molar-refractivity contribution in [1.29, 1.82) is 0 Å². The molecule has 0 aliphatic carbocycles. The molecule has 2 amide bonds. The first-order valence-corrected chi connectivity index (χ1v) is 8.09. The number of aromatic nitrogens is 4. The molecule has 0 saturated carbocycles. The number of nitrogens with zero attached hydrogens (tertiary/aromatic N) is 4. The minimum absolute atomic E-state index is 0.108. The summed E-state index contributed by atoms with van der Waals surface area (Å²) in [4.78, 5) is 30.3. The van der Waals surface area contributed by atoms with Crippen molar-refractivity contribution in [3.05, 3.63) is 52.9 Å². The van der Waals surface area contributed by atoms with E-state index in [1.807, 2.05) is 5.43 Å². The van der Waals surface area contributed by atoms with Crippen molar-refractivity contribution in [2.75, 3.05) is 0 Å². The number of rotatable bonds is 5. The number of hydrazine groups is 1. The Morgan fingerprint density at radius 1 is 1.12 bits per heavy atom. The Morgan fingerprint density at radius 2 is 1.96 bits per heavy atom. The van der Waals surface area contributed by atoms with Crippen molar-refractivity contribution in [2.45, 2.75) is 6.42 Å². The molecule has 3 rings (SSSR count). The first-order valence-electron chi connectivity index (χ1n) is 7.27. The number of nitrogens with one attached hydrogen (secondary N) is 1. The molecule has 10 nitrogen and oxygen atoms in total. The highest BCUT2D eigenvalue weighted by molar-refractivity contribution is 7.14. The number of hydrogen-bond donors (Lipinski definition) is 3. The van der Waals surface area contributed by atoms with Crippen molar-refractivity contribution in [3.63, 3.8) is 0 Å². The molecular weight excluding hydrogens is 358 g/mol. The molecule has 3 aromatic heterocycles. The number of pyridine rings is 2. The predicted octanol–water partition coefficient (Wildman–Crippen LogP) is 0.647. The predicted molar refractivity (Wildman–Crippen MR) is 92.0 cm³/mol. The largest absolute Gasteiger partial charge is 0.411 e. The van der Waals surface area contributed by atoms with Crippen LogP contribution < -0.4 is 21.7 Å². The molecule has 3 heterocycles. The highest BCUT2D eigenvalue weighted by Crippen LogP contribution is 2.25. The van der Waals surface area contributed by atoms with Gasteiger partial charge in [0.1, 0.15) is 10.0 Å². The SMILES string of the molecule is NNC(=O)c1ccc(Cc2nnc(-c3ccc(OC(N)=O)nc3)s2)nc1. The molecular formula is C15H13N7O3S. The van der Waals surface area contributed by atoms with Crippen LogP contribution in [0, 0.1) is 0 Å². The average molecular weight is 371 g/mol. The van der Waals surface area contributed by atoms with Crippen molar-refractivity contribution in [1.82, 2.24) is 25.6 Å². The molecule has 0 aromatic carbocycles. The summed E-state index contributed by atoms with van der Waals surface area (Å²) in [5.41, 5.74) is 8.82. The molecule has 0 radical (unpaired) electrons. The van der Waals surface area contributed by atoms with Gasteiger partial charge in [0.2, 0.25) is 5.88 Å². The third kappa shape index (κ3) is 4.15. The van der Waals surface area contributed by atoms with Crippen LogP contribution in [-0.4, -0.2) is 32.2 Å². The first-order chi connectivity index (χ1) is 12.5. The maximum atomic E-state index is 11.4. The average Bonchev–Trinajstić information content (AvgIpc) is 3.10. The summed E-state index contributed by atoms with van der Waals surface area (Å²) in [6, 6.07) is 6.58. The van der Waals surface area contributed by atoms with Gasteiger partial charge in [0, 0.05) is 36.1 Å². The van der Waals surface area contributed by atoms with Crippen LogP contribution in [0.4, 0.5) is 4.79 Å². The van der Waals surface area contributed by atoms with Gasteiger partial charge in [-0.05, 0) is 18.2 Å². The quantitative estimate of drug-likeness (QED) is 0.335. The van der Waals surface area contributed by atoms with Crippen LogP contribution in [0.1, 0.15) is 21.1 Å². The second-order valence-electron chi connectivity index (χ2n) is 5.00. The van der Waals surface area contributed by atoms with E-state index in [2.05, 4.69) is 24.9 Å². The smallest absolute Gasteiger partial charge is 0.391 e. The molecule has 0 saturated heterocycles. The van der Waals surface area contributed by atoms with Gasteiger partial charge in [-0.25, -0.2) is 15.6 Å². The molecule has 11 heteroatoms. The van der Waals surface area contributed by atoms with E-state index in [9.17, 15) is 9.59 Å². The number of nitrogen functional groups attached to an aromatic ring is 1. The topological polar surface area (TPSA) is 159 Å². The Hall–Kier alpha value is -3.44. The van der Waals surface area contributed by atoms with Crippen molar-refractivity contribution < 1.29 is 14.3 Å². The van der Waals surface area contributed by atoms with Gasteiger partial charge in [-0.15, -0.1) is 10.2 Å². The fraction of sp³-hybridized carbons (Fsp3) is 0.0667. The third-order valence-electron chi connectivity index (χ3n) is 3.21. The fourth-order valence-corrected chi connectivity index (χ4v) is 2.86. The number of amides is 2. The van der Waals surface area contributed by atoms with E-state index in [1.165, 1.54) is 29.8 Å². The van der Waals surface area contributed by atoms with Crippen LogP contribution in [0.15, 0.2) is 36.7 Å². The molecule has 132 valence electrons. The summed E-state index contributed by atoms with van der Waals surface area (Å²) in [6.45, 7) is 0. The lowest BCUT2D eigenvalue weighted by molar-refractivity contribution is 0.0953. The number of primary amides is 1. The lowest BCUT2D eigenvalue weighted by Gasteiger charge is -2.00. The molecule has 0 aliphatic rings. The Morgan fingerprint density at radius 3 is 2.58 bits per heavy atom. The van der Waals surface area contributed by atoms with Crippen LogP contribution in [0.2, 0.25) is 0 Å². The number of carbonyl (C=O) groups is 2. The number of ether oxygens (including phenoxy) is 1. The zero-order valence-electron chi connectivity index (χ0n) is 13.2. The Balaban J connectivity index is 1.69. The molecule has 0 bridgehead atoms. The van der Waals surface area contributed by atoms with Crippen LogP contribution in [0.3, 0.4) is 0 Å². The number of hydrogen-bond acceptors (Lipinski definition) is 9. The molecule has 3 aromatic rings. The third-order valence-corrected chi connectivity index (χ3v) is 4.18. The highest BCUT2D eigenvalue weighted by Gasteiger charge is 2.10. The van der Waals surface area contributed by atoms with Gasteiger partial charge in [0.15, 0.2) is 0 Å². The van der Waals surface area contributed by atoms with Crippen LogP contribution in [0.25, 0.3) is 10.6 Å². The Labute approximate surface area is 151 Å². The van der Waals surface area contributed by atoms with Gasteiger partial charge in [-0.1, -0.05) is 11.3 Å². The lowest BCUT2D eigenvalue weighted by Crippen LogP contribution is -2.30. The first kappa shape index (κ1) is 17.4. The molecule has 0 fully saturated rings. The van der Waals surface area contributed by atoms with Crippen molar-refractivity contribution in [2.24, 2.45) is 11.6 Å². The monoisotopic (exact) mass is 371 g/mol.